The molecular weight excluding hydrogens is 426 g/mol. The molecule has 1 aliphatic rings. The van der Waals surface area contributed by atoms with Crippen LogP contribution in [-0.2, 0) is 11.2 Å². The number of carbonyl (C=O) groups excluding carboxylic acids is 2. The molecule has 1 aromatic carbocycles. The number of rotatable bonds is 3. The van der Waals surface area contributed by atoms with Crippen LogP contribution in [0.15, 0.2) is 18.2 Å². The third kappa shape index (κ3) is 7.84. The van der Waals surface area contributed by atoms with Crippen LogP contribution < -0.4 is 0 Å². The Hall–Kier alpha value is -2.58. The van der Waals surface area contributed by atoms with E-state index in [0.29, 0.717) is 16.7 Å². The number of halogens is 4. The molecule has 0 spiro atoms. The maximum absolute atomic E-state index is 13.7. The summed E-state index contributed by atoms with van der Waals surface area (Å²) in [7, 11) is 1.05. The first-order valence-corrected chi connectivity index (χ1v) is 10.9. The minimum Gasteiger partial charge on any atom is -0.348 e. The number of H-pyrrole nitrogens is 1. The zero-order valence-corrected chi connectivity index (χ0v) is 19.4. The van der Waals surface area contributed by atoms with E-state index in [-0.39, 0.29) is 17.1 Å². The molecule has 1 N–H and O–H groups in total. The number of nitrogens with zero attached hydrogens (tertiary/aromatic N) is 2. The lowest BCUT2D eigenvalue weighted by Crippen LogP contribution is -2.35. The van der Waals surface area contributed by atoms with Crippen molar-refractivity contribution in [2.75, 3.05) is 26.7 Å². The third-order valence-electron chi connectivity index (χ3n) is 5.01. The van der Waals surface area contributed by atoms with E-state index in [2.05, 4.69) is 4.98 Å². The maximum atomic E-state index is 13.7. The normalized spacial score (nSPS) is 13.6. The first-order chi connectivity index (χ1) is 15.0. The largest absolute Gasteiger partial charge is 0.406 e. The van der Waals surface area contributed by atoms with E-state index in [1.807, 2.05) is 25.7 Å². The topological polar surface area (TPSA) is 56.4 Å². The predicted molar refractivity (Wildman–Crippen MR) is 118 cm³/mol. The van der Waals surface area contributed by atoms with Crippen molar-refractivity contribution in [2.24, 2.45) is 0 Å². The first kappa shape index (κ1) is 27.5. The number of aryl methyl sites for hydroxylation is 1. The fourth-order valence-corrected chi connectivity index (χ4v) is 3.42. The van der Waals surface area contributed by atoms with Gasteiger partial charge >= 0.3 is 6.18 Å². The predicted octanol–water partition coefficient (Wildman–Crippen LogP) is 5.55. The molecule has 2 amide bonds. The van der Waals surface area contributed by atoms with Crippen LogP contribution in [-0.4, -0.2) is 59.5 Å². The molecule has 1 fully saturated rings. The quantitative estimate of drug-likeness (QED) is 0.612. The zero-order chi connectivity index (χ0) is 24.5. The lowest BCUT2D eigenvalue weighted by atomic mass is 10.1. The van der Waals surface area contributed by atoms with Gasteiger partial charge in [-0.15, -0.1) is 0 Å². The number of hydrogen-bond donors (Lipinski definition) is 1. The average Bonchev–Trinajstić information content (AvgIpc) is 3.21. The molecule has 5 nitrogen and oxygen atoms in total. The van der Waals surface area contributed by atoms with Gasteiger partial charge in [0.25, 0.3) is 5.91 Å². The van der Waals surface area contributed by atoms with Gasteiger partial charge < -0.3 is 14.8 Å². The number of benzene rings is 1. The number of nitrogens with one attached hydrogen (secondary N) is 1. The number of amides is 2. The Kier molecular flexibility index (Phi) is 10.7. The van der Waals surface area contributed by atoms with Gasteiger partial charge in [0, 0.05) is 32.4 Å². The molecule has 2 aromatic rings. The fourth-order valence-electron chi connectivity index (χ4n) is 3.42. The number of carbonyl (C=O) groups is 2. The van der Waals surface area contributed by atoms with Crippen molar-refractivity contribution in [1.82, 2.24) is 14.8 Å². The smallest absolute Gasteiger partial charge is 0.348 e. The Balaban J connectivity index is 0.000000388. The van der Waals surface area contributed by atoms with Crippen LogP contribution in [0.5, 0.6) is 0 Å². The van der Waals surface area contributed by atoms with Gasteiger partial charge in [-0.2, -0.15) is 13.2 Å². The number of fused-ring (bicyclic) bond motifs is 1. The van der Waals surface area contributed by atoms with Gasteiger partial charge in [0.15, 0.2) is 0 Å². The summed E-state index contributed by atoms with van der Waals surface area (Å²) in [6.45, 7) is 8.12. The van der Waals surface area contributed by atoms with Crippen molar-refractivity contribution in [3.63, 3.8) is 0 Å². The Morgan fingerprint density at radius 2 is 1.72 bits per heavy atom. The van der Waals surface area contributed by atoms with Gasteiger partial charge in [-0.1, -0.05) is 26.8 Å². The highest BCUT2D eigenvalue weighted by Crippen LogP contribution is 2.24. The van der Waals surface area contributed by atoms with E-state index in [1.54, 1.807) is 13.0 Å². The molecule has 0 radical (unpaired) electrons. The van der Waals surface area contributed by atoms with E-state index >= 15 is 0 Å². The van der Waals surface area contributed by atoms with Crippen LogP contribution in [0.1, 0.15) is 63.0 Å². The van der Waals surface area contributed by atoms with Crippen molar-refractivity contribution < 1.29 is 27.2 Å². The van der Waals surface area contributed by atoms with E-state index in [1.165, 1.54) is 31.4 Å². The summed E-state index contributed by atoms with van der Waals surface area (Å²) in [5.74, 6) is -1.14. The van der Waals surface area contributed by atoms with Crippen LogP contribution in [0, 0.1) is 5.82 Å². The highest BCUT2D eigenvalue weighted by molar-refractivity contribution is 5.99. The van der Waals surface area contributed by atoms with Crippen molar-refractivity contribution >= 4 is 22.7 Å². The Bertz CT molecular complexity index is 887. The van der Waals surface area contributed by atoms with Crippen LogP contribution in [0.3, 0.4) is 0 Å². The highest BCUT2D eigenvalue weighted by atomic mass is 19.4. The molecule has 1 aliphatic heterocycles. The van der Waals surface area contributed by atoms with Crippen molar-refractivity contribution in [2.45, 2.75) is 59.6 Å². The molecule has 0 unspecified atom stereocenters. The third-order valence-corrected chi connectivity index (χ3v) is 5.01. The Morgan fingerprint density at radius 1 is 1.12 bits per heavy atom. The molecule has 0 bridgehead atoms. The second kappa shape index (κ2) is 12.5. The lowest BCUT2D eigenvalue weighted by Gasteiger charge is -2.24. The van der Waals surface area contributed by atoms with Crippen LogP contribution in [0.4, 0.5) is 17.6 Å². The number of hydrogen-bond acceptors (Lipinski definition) is 2. The first-order valence-electron chi connectivity index (χ1n) is 10.9. The molecule has 32 heavy (non-hydrogen) atoms. The summed E-state index contributed by atoms with van der Waals surface area (Å²) < 4.78 is 50.6. The second-order valence-corrected chi connectivity index (χ2v) is 7.37. The fraction of sp³-hybridized carbons (Fsp3) is 0.565. The van der Waals surface area contributed by atoms with Gasteiger partial charge in [-0.25, -0.2) is 4.39 Å². The van der Waals surface area contributed by atoms with Crippen LogP contribution >= 0.6 is 0 Å². The zero-order valence-electron chi connectivity index (χ0n) is 19.4. The Morgan fingerprint density at radius 3 is 2.19 bits per heavy atom. The molecule has 0 saturated carbocycles. The molecule has 1 aromatic heterocycles. The molecule has 0 aliphatic carbocycles. The summed E-state index contributed by atoms with van der Waals surface area (Å²) in [4.78, 5) is 27.7. The van der Waals surface area contributed by atoms with Gasteiger partial charge in [0.1, 0.15) is 18.1 Å². The molecule has 9 heteroatoms. The average molecular weight is 460 g/mol. The van der Waals surface area contributed by atoms with E-state index in [0.717, 1.165) is 25.7 Å². The van der Waals surface area contributed by atoms with Gasteiger partial charge in [-0.3, -0.25) is 9.59 Å². The number of piperidine rings is 1. The minimum absolute atomic E-state index is 0.0587. The van der Waals surface area contributed by atoms with Crippen LogP contribution in [0.25, 0.3) is 10.9 Å². The number of aromatic amines is 1. The van der Waals surface area contributed by atoms with Gasteiger partial charge in [0.05, 0.1) is 5.52 Å². The van der Waals surface area contributed by atoms with Crippen molar-refractivity contribution in [3.05, 3.63) is 35.3 Å². The summed E-state index contributed by atoms with van der Waals surface area (Å²) in [5, 5.41) is 0.515. The summed E-state index contributed by atoms with van der Waals surface area (Å²) in [5.41, 5.74) is 0.898. The maximum Gasteiger partial charge on any atom is 0.406 e. The number of aromatic nitrogens is 1. The van der Waals surface area contributed by atoms with Gasteiger partial charge in [-0.05, 0) is 43.4 Å². The second-order valence-electron chi connectivity index (χ2n) is 7.37. The van der Waals surface area contributed by atoms with Gasteiger partial charge in [0.2, 0.25) is 5.91 Å². The van der Waals surface area contributed by atoms with Crippen molar-refractivity contribution in [1.29, 1.82) is 0 Å². The molecule has 0 atom stereocenters. The molecule has 3 rings (SSSR count). The van der Waals surface area contributed by atoms with E-state index in [9.17, 15) is 27.2 Å². The van der Waals surface area contributed by atoms with E-state index in [4.69, 9.17) is 0 Å². The van der Waals surface area contributed by atoms with E-state index < -0.39 is 24.4 Å². The summed E-state index contributed by atoms with van der Waals surface area (Å²) >= 11 is 0. The standard InChI is InChI=1S/C14H14F4N2O.C7H13NO.C2H6/c1-3-8-4-5-10(15)12-9(8)6-11(19-12)13(21)20(2)7-14(16,17)18;1-7(9)8-5-3-2-4-6-8;1-2/h4-6,19H,3,7H2,1-2H3;2-6H2,1H3;1-2H3. The molecular formula is C23H33F4N3O2. The van der Waals surface area contributed by atoms with Crippen LogP contribution in [0.2, 0.25) is 0 Å². The van der Waals surface area contributed by atoms with Crippen molar-refractivity contribution in [3.8, 4) is 0 Å². The molecule has 1 saturated heterocycles. The molecule has 2 heterocycles. The number of likely N-dealkylation sites (tertiary alicyclic amines) is 1. The summed E-state index contributed by atoms with van der Waals surface area (Å²) in [6.07, 6.45) is -0.167. The monoisotopic (exact) mass is 459 g/mol. The molecule has 180 valence electrons. The summed E-state index contributed by atoms with van der Waals surface area (Å²) in [6, 6.07) is 4.26. The minimum atomic E-state index is -4.48. The number of alkyl halides is 3. The Labute approximate surface area is 186 Å². The lowest BCUT2D eigenvalue weighted by molar-refractivity contribution is -0.138. The SMILES string of the molecule is CC.CC(=O)N1CCCCC1.CCc1ccc(F)c2[nH]c(C(=O)N(C)CC(F)(F)F)cc12. The highest BCUT2D eigenvalue weighted by Gasteiger charge is 2.32.